The predicted molar refractivity (Wildman–Crippen MR) is 84.4 cm³/mol. The van der Waals surface area contributed by atoms with Crippen LogP contribution >= 0.6 is 0 Å². The summed E-state index contributed by atoms with van der Waals surface area (Å²) < 4.78 is 5.38. The number of carbonyl (C=O) groups is 2. The number of hydrogen-bond acceptors (Lipinski definition) is 5. The number of aromatic nitrogens is 1. The maximum atomic E-state index is 12.0. The Kier molecular flexibility index (Phi) is 4.68. The first-order valence-electron chi connectivity index (χ1n) is 7.46. The van der Waals surface area contributed by atoms with Gasteiger partial charge in [0, 0.05) is 31.7 Å². The first kappa shape index (κ1) is 16.3. The number of anilines is 1. The molecule has 0 aliphatic carbocycles. The van der Waals surface area contributed by atoms with E-state index in [4.69, 9.17) is 4.74 Å². The quantitative estimate of drug-likeness (QED) is 0.784. The van der Waals surface area contributed by atoms with E-state index in [0.717, 1.165) is 17.8 Å². The number of aldehydes is 1. The Balaban J connectivity index is 1.96. The van der Waals surface area contributed by atoms with Gasteiger partial charge in [-0.15, -0.1) is 0 Å². The van der Waals surface area contributed by atoms with Crippen molar-refractivity contribution in [3.05, 3.63) is 23.4 Å². The normalized spacial score (nSPS) is 15.6. The van der Waals surface area contributed by atoms with Crippen LogP contribution in [0.4, 0.5) is 10.6 Å². The number of pyridine rings is 1. The number of piperazine rings is 1. The first-order chi connectivity index (χ1) is 10.3. The molecular weight excluding hydrogens is 282 g/mol. The molecule has 1 amide bonds. The van der Waals surface area contributed by atoms with Gasteiger partial charge < -0.3 is 14.5 Å². The van der Waals surface area contributed by atoms with E-state index in [-0.39, 0.29) is 6.09 Å². The fourth-order valence-corrected chi connectivity index (χ4v) is 2.30. The number of ether oxygens (including phenoxy) is 1. The molecule has 2 heterocycles. The van der Waals surface area contributed by atoms with Crippen molar-refractivity contribution in [2.75, 3.05) is 31.1 Å². The number of carbonyl (C=O) groups excluding carboxylic acids is 2. The molecule has 1 fully saturated rings. The second-order valence-corrected chi connectivity index (χ2v) is 6.42. The molecule has 0 atom stereocenters. The summed E-state index contributed by atoms with van der Waals surface area (Å²) in [6, 6.07) is 3.63. The maximum Gasteiger partial charge on any atom is 0.410 e. The highest BCUT2D eigenvalue weighted by Crippen LogP contribution is 2.17. The van der Waals surface area contributed by atoms with Crippen LogP contribution in [0.1, 0.15) is 36.8 Å². The molecule has 1 aliphatic rings. The van der Waals surface area contributed by atoms with Gasteiger partial charge in [-0.1, -0.05) is 0 Å². The topological polar surface area (TPSA) is 62.7 Å². The molecule has 22 heavy (non-hydrogen) atoms. The molecule has 0 saturated carbocycles. The number of nitrogens with zero attached hydrogens (tertiary/aromatic N) is 3. The molecule has 0 spiro atoms. The highest BCUT2D eigenvalue weighted by Gasteiger charge is 2.26. The summed E-state index contributed by atoms with van der Waals surface area (Å²) in [4.78, 5) is 31.1. The molecular formula is C16H23N3O3. The van der Waals surface area contributed by atoms with Crippen molar-refractivity contribution in [3.63, 3.8) is 0 Å². The van der Waals surface area contributed by atoms with E-state index < -0.39 is 5.60 Å². The van der Waals surface area contributed by atoms with Crippen LogP contribution in [-0.2, 0) is 4.74 Å². The van der Waals surface area contributed by atoms with Gasteiger partial charge in [-0.3, -0.25) is 4.79 Å². The Hall–Kier alpha value is -2.11. The van der Waals surface area contributed by atoms with Gasteiger partial charge in [0.15, 0.2) is 6.29 Å². The van der Waals surface area contributed by atoms with Crippen molar-refractivity contribution in [3.8, 4) is 0 Å². The van der Waals surface area contributed by atoms with Gasteiger partial charge in [-0.25, -0.2) is 9.78 Å². The molecule has 0 unspecified atom stereocenters. The Morgan fingerprint density at radius 1 is 1.23 bits per heavy atom. The van der Waals surface area contributed by atoms with Crippen molar-refractivity contribution in [2.24, 2.45) is 0 Å². The molecule has 6 nitrogen and oxygen atoms in total. The zero-order valence-electron chi connectivity index (χ0n) is 13.6. The average Bonchev–Trinajstić information content (AvgIpc) is 2.45. The third-order valence-corrected chi connectivity index (χ3v) is 3.49. The summed E-state index contributed by atoms with van der Waals surface area (Å²) in [5.74, 6) is 0.840. The molecule has 1 saturated heterocycles. The smallest absolute Gasteiger partial charge is 0.410 e. The fraction of sp³-hybridized carbons (Fsp3) is 0.562. The van der Waals surface area contributed by atoms with Crippen LogP contribution < -0.4 is 4.90 Å². The Morgan fingerprint density at radius 3 is 2.36 bits per heavy atom. The van der Waals surface area contributed by atoms with Crippen LogP contribution in [-0.4, -0.2) is 54.0 Å². The first-order valence-corrected chi connectivity index (χ1v) is 7.46. The van der Waals surface area contributed by atoms with Gasteiger partial charge in [0.25, 0.3) is 0 Å². The highest BCUT2D eigenvalue weighted by atomic mass is 16.6. The van der Waals surface area contributed by atoms with Gasteiger partial charge in [-0.05, 0) is 39.8 Å². The van der Waals surface area contributed by atoms with Crippen LogP contribution in [0.25, 0.3) is 0 Å². The summed E-state index contributed by atoms with van der Waals surface area (Å²) in [5.41, 5.74) is 0.857. The fourth-order valence-electron chi connectivity index (χ4n) is 2.30. The second kappa shape index (κ2) is 6.34. The highest BCUT2D eigenvalue weighted by molar-refractivity contribution is 5.76. The Bertz CT molecular complexity index is 558. The minimum Gasteiger partial charge on any atom is -0.444 e. The van der Waals surface area contributed by atoms with E-state index in [9.17, 15) is 9.59 Å². The van der Waals surface area contributed by atoms with Crippen molar-refractivity contribution in [2.45, 2.75) is 33.3 Å². The molecule has 0 N–H and O–H groups in total. The molecule has 2 rings (SSSR count). The van der Waals surface area contributed by atoms with Crippen LogP contribution in [0.15, 0.2) is 12.1 Å². The standard InChI is InChI=1S/C16H23N3O3/c1-12-13(11-20)5-6-14(17-12)18-7-9-19(10-8-18)15(21)22-16(2,3)4/h5-6,11H,7-10H2,1-4H3. The molecule has 6 heteroatoms. The summed E-state index contributed by atoms with van der Waals surface area (Å²) in [6.07, 6.45) is 0.541. The van der Waals surface area contributed by atoms with Crippen molar-refractivity contribution >= 4 is 18.2 Å². The van der Waals surface area contributed by atoms with Gasteiger partial charge in [0.05, 0.1) is 5.69 Å². The van der Waals surface area contributed by atoms with Gasteiger partial charge in [0.2, 0.25) is 0 Å². The van der Waals surface area contributed by atoms with E-state index >= 15 is 0 Å². The maximum absolute atomic E-state index is 12.0. The lowest BCUT2D eigenvalue weighted by molar-refractivity contribution is 0.0240. The molecule has 120 valence electrons. The van der Waals surface area contributed by atoms with E-state index in [2.05, 4.69) is 9.88 Å². The van der Waals surface area contributed by atoms with Crippen molar-refractivity contribution in [1.29, 1.82) is 0 Å². The predicted octanol–water partition coefficient (Wildman–Crippen LogP) is 2.26. The zero-order valence-corrected chi connectivity index (χ0v) is 13.6. The Morgan fingerprint density at radius 2 is 1.86 bits per heavy atom. The van der Waals surface area contributed by atoms with Gasteiger partial charge >= 0.3 is 6.09 Å². The van der Waals surface area contributed by atoms with E-state index in [1.54, 1.807) is 11.0 Å². The lowest BCUT2D eigenvalue weighted by atomic mass is 10.2. The monoisotopic (exact) mass is 305 g/mol. The number of amides is 1. The van der Waals surface area contributed by atoms with E-state index in [0.29, 0.717) is 31.7 Å². The van der Waals surface area contributed by atoms with Crippen LogP contribution in [0.2, 0.25) is 0 Å². The number of aryl methyl sites for hydroxylation is 1. The van der Waals surface area contributed by atoms with Crippen molar-refractivity contribution in [1.82, 2.24) is 9.88 Å². The van der Waals surface area contributed by atoms with Gasteiger partial charge in [0.1, 0.15) is 11.4 Å². The number of rotatable bonds is 2. The molecule has 1 aromatic rings. The SMILES string of the molecule is Cc1nc(N2CCN(C(=O)OC(C)(C)C)CC2)ccc1C=O. The van der Waals surface area contributed by atoms with Crippen LogP contribution in [0, 0.1) is 6.92 Å². The van der Waals surface area contributed by atoms with Crippen molar-refractivity contribution < 1.29 is 14.3 Å². The summed E-state index contributed by atoms with van der Waals surface area (Å²) in [6.45, 7) is 10.0. The van der Waals surface area contributed by atoms with E-state index in [1.165, 1.54) is 0 Å². The molecule has 0 aromatic carbocycles. The second-order valence-electron chi connectivity index (χ2n) is 6.42. The van der Waals surface area contributed by atoms with Gasteiger partial charge in [-0.2, -0.15) is 0 Å². The Labute approximate surface area is 131 Å². The average molecular weight is 305 g/mol. The number of hydrogen-bond donors (Lipinski definition) is 0. The zero-order chi connectivity index (χ0) is 16.3. The summed E-state index contributed by atoms with van der Waals surface area (Å²) in [5, 5.41) is 0. The van der Waals surface area contributed by atoms with E-state index in [1.807, 2.05) is 33.8 Å². The van der Waals surface area contributed by atoms with Crippen LogP contribution in [0.3, 0.4) is 0 Å². The minimum absolute atomic E-state index is 0.271. The summed E-state index contributed by atoms with van der Waals surface area (Å²) >= 11 is 0. The lowest BCUT2D eigenvalue weighted by Crippen LogP contribution is -2.50. The molecule has 1 aromatic heterocycles. The summed E-state index contributed by atoms with van der Waals surface area (Å²) in [7, 11) is 0. The third-order valence-electron chi connectivity index (χ3n) is 3.49. The molecule has 1 aliphatic heterocycles. The molecule has 0 radical (unpaired) electrons. The third kappa shape index (κ3) is 3.96. The lowest BCUT2D eigenvalue weighted by Gasteiger charge is -2.36. The van der Waals surface area contributed by atoms with Crippen LogP contribution in [0.5, 0.6) is 0 Å². The minimum atomic E-state index is -0.475. The largest absolute Gasteiger partial charge is 0.444 e. The molecule has 0 bridgehead atoms.